The Morgan fingerprint density at radius 3 is 2.64 bits per heavy atom. The van der Waals surface area contributed by atoms with Crippen molar-refractivity contribution in [3.63, 3.8) is 0 Å². The van der Waals surface area contributed by atoms with Crippen LogP contribution in [0.4, 0.5) is 0 Å². The minimum atomic E-state index is -0.981. The minimum Gasteiger partial charge on any atom is -0.482 e. The molecule has 0 amide bonds. The number of ether oxygens (including phenoxy) is 1. The number of carboxylic acids is 1. The summed E-state index contributed by atoms with van der Waals surface area (Å²) in [7, 11) is 0. The minimum absolute atomic E-state index is 0.340. The molecule has 3 nitrogen and oxygen atoms in total. The lowest BCUT2D eigenvalue weighted by molar-refractivity contribution is -0.139. The highest BCUT2D eigenvalue weighted by atomic mass is 32.2. The number of hydrogen-bond donors (Lipinski definition) is 1. The van der Waals surface area contributed by atoms with Crippen molar-refractivity contribution in [2.24, 2.45) is 0 Å². The van der Waals surface area contributed by atoms with Crippen LogP contribution in [-0.2, 0) is 11.2 Å². The molecule has 0 radical (unpaired) electrons. The number of hydrogen-bond acceptors (Lipinski definition) is 3. The molecular formula is C35H38O3S. The van der Waals surface area contributed by atoms with Crippen molar-refractivity contribution in [3.05, 3.63) is 137 Å². The summed E-state index contributed by atoms with van der Waals surface area (Å²) in [4.78, 5) is 12.0. The number of carbonyl (C=O) groups is 1. The van der Waals surface area contributed by atoms with Gasteiger partial charge in [0.15, 0.2) is 6.61 Å². The van der Waals surface area contributed by atoms with Crippen LogP contribution in [0.1, 0.15) is 43.4 Å². The zero-order valence-corrected chi connectivity index (χ0v) is 24.0. The van der Waals surface area contributed by atoms with Crippen molar-refractivity contribution < 1.29 is 14.6 Å². The molecule has 1 aliphatic carbocycles. The van der Waals surface area contributed by atoms with E-state index in [1.165, 1.54) is 27.8 Å². The number of aliphatic carboxylic acids is 1. The Morgan fingerprint density at radius 2 is 1.92 bits per heavy atom. The maximum atomic E-state index is 10.8. The van der Waals surface area contributed by atoms with Crippen molar-refractivity contribution in [1.82, 2.24) is 0 Å². The van der Waals surface area contributed by atoms with Gasteiger partial charge in [0.05, 0.1) is 0 Å². The highest BCUT2D eigenvalue weighted by Crippen LogP contribution is 2.35. The van der Waals surface area contributed by atoms with Gasteiger partial charge in [-0.25, -0.2) is 4.79 Å². The van der Waals surface area contributed by atoms with Gasteiger partial charge in [0, 0.05) is 10.6 Å². The Kier molecular flexibility index (Phi) is 11.4. The molecule has 0 unspecified atom stereocenters. The van der Waals surface area contributed by atoms with Crippen LogP contribution in [0.3, 0.4) is 0 Å². The standard InChI is InChI=1S/C35H38O3S/c1-6-8-13-28(7-2)25(3)17-19-31-26(4)12-11-15-29-14-9-10-16-32(29)33(31)21-22-39-30-18-20-34(27(5)23-30)38-24-35(36)37/h6-10,13-14,16-21,23H,1,3,11-12,15,22,24H2,2,4-5H3,(H,36,37)/b13-8-,19-17-,28-7+,31-26-,33-21-. The number of thioether (sulfide) groups is 1. The fraction of sp³-hybridized carbons (Fsp3) is 0.229. The summed E-state index contributed by atoms with van der Waals surface area (Å²) in [6.07, 6.45) is 17.7. The second kappa shape index (κ2) is 15.0. The van der Waals surface area contributed by atoms with Crippen LogP contribution in [0.5, 0.6) is 5.75 Å². The van der Waals surface area contributed by atoms with E-state index < -0.39 is 5.97 Å². The van der Waals surface area contributed by atoms with Gasteiger partial charge in [0.25, 0.3) is 0 Å². The molecule has 0 saturated heterocycles. The Balaban J connectivity index is 1.92. The van der Waals surface area contributed by atoms with E-state index in [9.17, 15) is 4.79 Å². The van der Waals surface area contributed by atoms with Gasteiger partial charge in [-0.05, 0) is 97.2 Å². The molecule has 0 spiro atoms. The predicted molar refractivity (Wildman–Crippen MR) is 166 cm³/mol. The maximum Gasteiger partial charge on any atom is 0.341 e. The Bertz CT molecular complexity index is 1370. The largest absolute Gasteiger partial charge is 0.482 e. The molecule has 4 heteroatoms. The molecule has 0 atom stereocenters. The number of fused-ring (bicyclic) bond motifs is 1. The van der Waals surface area contributed by atoms with Gasteiger partial charge in [-0.2, -0.15) is 0 Å². The highest BCUT2D eigenvalue weighted by Gasteiger charge is 2.16. The molecule has 0 bridgehead atoms. The number of aryl methyl sites for hydroxylation is 2. The molecular weight excluding hydrogens is 500 g/mol. The summed E-state index contributed by atoms with van der Waals surface area (Å²) in [6.45, 7) is 13.9. The van der Waals surface area contributed by atoms with Gasteiger partial charge in [-0.3, -0.25) is 0 Å². The summed E-state index contributed by atoms with van der Waals surface area (Å²) in [5, 5.41) is 8.89. The Hall–Kier alpha value is -3.76. The number of rotatable bonds is 11. The van der Waals surface area contributed by atoms with Gasteiger partial charge in [-0.1, -0.05) is 85.5 Å². The first-order valence-corrected chi connectivity index (χ1v) is 14.2. The van der Waals surface area contributed by atoms with E-state index in [1.54, 1.807) is 17.8 Å². The zero-order chi connectivity index (χ0) is 28.2. The van der Waals surface area contributed by atoms with Crippen LogP contribution in [0, 0.1) is 6.92 Å². The third-order valence-electron chi connectivity index (χ3n) is 6.64. The normalized spacial score (nSPS) is 17.2. The van der Waals surface area contributed by atoms with Gasteiger partial charge < -0.3 is 9.84 Å². The molecule has 3 rings (SSSR count). The molecule has 2 aromatic carbocycles. The number of benzene rings is 2. The van der Waals surface area contributed by atoms with Crippen molar-refractivity contribution >= 4 is 23.3 Å². The Morgan fingerprint density at radius 1 is 1.13 bits per heavy atom. The first-order chi connectivity index (χ1) is 18.8. The second-order valence-electron chi connectivity index (χ2n) is 9.44. The average Bonchev–Trinajstić information content (AvgIpc) is 2.91. The van der Waals surface area contributed by atoms with Crippen LogP contribution in [0.15, 0.2) is 125 Å². The predicted octanol–water partition coefficient (Wildman–Crippen LogP) is 9.09. The molecule has 202 valence electrons. The van der Waals surface area contributed by atoms with Crippen molar-refractivity contribution in [2.75, 3.05) is 12.4 Å². The van der Waals surface area contributed by atoms with Gasteiger partial charge in [0.2, 0.25) is 0 Å². The van der Waals surface area contributed by atoms with E-state index in [1.807, 2.05) is 44.2 Å². The van der Waals surface area contributed by atoms with E-state index in [4.69, 9.17) is 9.84 Å². The fourth-order valence-corrected chi connectivity index (χ4v) is 5.45. The van der Waals surface area contributed by atoms with Crippen LogP contribution in [0.25, 0.3) is 5.57 Å². The highest BCUT2D eigenvalue weighted by molar-refractivity contribution is 7.99. The fourth-order valence-electron chi connectivity index (χ4n) is 4.58. The lowest BCUT2D eigenvalue weighted by Gasteiger charge is -2.21. The molecule has 39 heavy (non-hydrogen) atoms. The first kappa shape index (κ1) is 29.8. The quantitative estimate of drug-likeness (QED) is 0.229. The van der Waals surface area contributed by atoms with Crippen LogP contribution >= 0.6 is 11.8 Å². The van der Waals surface area contributed by atoms with E-state index in [-0.39, 0.29) is 6.61 Å². The molecule has 0 heterocycles. The van der Waals surface area contributed by atoms with E-state index in [0.29, 0.717) is 5.75 Å². The number of allylic oxidation sites excluding steroid dienone is 11. The average molecular weight is 539 g/mol. The maximum absolute atomic E-state index is 10.8. The summed E-state index contributed by atoms with van der Waals surface area (Å²) >= 11 is 1.75. The van der Waals surface area contributed by atoms with Gasteiger partial charge in [-0.15, -0.1) is 11.8 Å². The molecule has 1 aliphatic rings. The molecule has 0 aliphatic heterocycles. The topological polar surface area (TPSA) is 46.5 Å². The molecule has 0 fully saturated rings. The monoisotopic (exact) mass is 538 g/mol. The van der Waals surface area contributed by atoms with E-state index in [0.717, 1.165) is 46.6 Å². The summed E-state index contributed by atoms with van der Waals surface area (Å²) in [6, 6.07) is 14.6. The van der Waals surface area contributed by atoms with Crippen LogP contribution in [0.2, 0.25) is 0 Å². The molecule has 0 saturated carbocycles. The molecule has 0 aromatic heterocycles. The van der Waals surface area contributed by atoms with Gasteiger partial charge >= 0.3 is 5.97 Å². The third-order valence-corrected chi connectivity index (χ3v) is 7.56. The summed E-state index contributed by atoms with van der Waals surface area (Å²) in [5.41, 5.74) is 9.50. The van der Waals surface area contributed by atoms with E-state index >= 15 is 0 Å². The lowest BCUT2D eigenvalue weighted by atomic mass is 9.84. The smallest absolute Gasteiger partial charge is 0.341 e. The molecule has 1 N–H and O–H groups in total. The third kappa shape index (κ3) is 8.62. The summed E-state index contributed by atoms with van der Waals surface area (Å²) < 4.78 is 5.38. The zero-order valence-electron chi connectivity index (χ0n) is 23.2. The first-order valence-electron chi connectivity index (χ1n) is 13.2. The second-order valence-corrected chi connectivity index (χ2v) is 10.5. The van der Waals surface area contributed by atoms with Crippen molar-refractivity contribution in [1.29, 1.82) is 0 Å². The molecule has 2 aromatic rings. The number of carboxylic acid groups (broad SMARTS) is 1. The lowest BCUT2D eigenvalue weighted by Crippen LogP contribution is -2.09. The van der Waals surface area contributed by atoms with Crippen LogP contribution < -0.4 is 4.74 Å². The van der Waals surface area contributed by atoms with E-state index in [2.05, 4.69) is 68.7 Å². The van der Waals surface area contributed by atoms with Crippen molar-refractivity contribution in [3.8, 4) is 5.75 Å². The van der Waals surface area contributed by atoms with Crippen LogP contribution in [-0.4, -0.2) is 23.4 Å². The van der Waals surface area contributed by atoms with Crippen molar-refractivity contribution in [2.45, 2.75) is 44.9 Å². The SMILES string of the molecule is C=C/C=C\C(=C/C)C(=C)\C=C/C1=C(\C)CCCc2ccccc2\C1=C/CSc1ccc(OCC(=O)O)c(C)c1. The van der Waals surface area contributed by atoms with Gasteiger partial charge in [0.1, 0.15) is 5.75 Å². The summed E-state index contributed by atoms with van der Waals surface area (Å²) in [5.74, 6) is 0.418. The Labute approximate surface area is 237 Å².